The molecule has 6 heteroatoms. The van der Waals surface area contributed by atoms with E-state index in [0.29, 0.717) is 11.8 Å². The maximum atomic E-state index is 12.7. The Morgan fingerprint density at radius 3 is 2.45 bits per heavy atom. The van der Waals surface area contributed by atoms with E-state index < -0.39 is 0 Å². The number of aromatic nitrogens is 1. The lowest BCUT2D eigenvalue weighted by Crippen LogP contribution is -2.42. The molecule has 1 aliphatic heterocycles. The largest absolute Gasteiger partial charge is 0.457 e. The molecule has 0 bridgehead atoms. The van der Waals surface area contributed by atoms with Gasteiger partial charge in [-0.1, -0.05) is 24.3 Å². The number of carbonyl (C=O) groups excluding carboxylic acids is 1. The predicted octanol–water partition coefficient (Wildman–Crippen LogP) is 5.52. The number of aryl methyl sites for hydroxylation is 1. The van der Waals surface area contributed by atoms with Crippen LogP contribution in [-0.4, -0.2) is 46.9 Å². The standard InChI is InChI=1S/C27H33N3O3/c1-4-30(5-2)27(31)21-14-16-29(17-15-21)19-25-20(3)32-26(28-25)22-10-9-13-24(18-22)33-23-11-7-6-8-12-23/h6-13,18,21H,4-5,14-17,19H2,1-3H3. The molecule has 1 aromatic heterocycles. The van der Waals surface area contributed by atoms with Crippen molar-refractivity contribution in [3.8, 4) is 23.0 Å². The van der Waals surface area contributed by atoms with Crippen LogP contribution in [0, 0.1) is 12.8 Å². The van der Waals surface area contributed by atoms with Crippen molar-refractivity contribution in [1.29, 1.82) is 0 Å². The fraction of sp³-hybridized carbons (Fsp3) is 0.407. The first-order valence-electron chi connectivity index (χ1n) is 11.9. The fourth-order valence-electron chi connectivity index (χ4n) is 4.36. The molecule has 174 valence electrons. The highest BCUT2D eigenvalue weighted by Gasteiger charge is 2.28. The van der Waals surface area contributed by atoms with E-state index in [-0.39, 0.29) is 5.92 Å². The monoisotopic (exact) mass is 447 g/mol. The first kappa shape index (κ1) is 23.1. The van der Waals surface area contributed by atoms with Crippen LogP contribution >= 0.6 is 0 Å². The summed E-state index contributed by atoms with van der Waals surface area (Å²) >= 11 is 0. The smallest absolute Gasteiger partial charge is 0.226 e. The second-order valence-electron chi connectivity index (χ2n) is 8.53. The topological polar surface area (TPSA) is 58.8 Å². The highest BCUT2D eigenvalue weighted by Crippen LogP contribution is 2.29. The molecule has 1 saturated heterocycles. The minimum atomic E-state index is 0.141. The fourth-order valence-corrected chi connectivity index (χ4v) is 4.36. The molecule has 0 atom stereocenters. The Hall–Kier alpha value is -3.12. The Bertz CT molecular complexity index is 1050. The first-order valence-corrected chi connectivity index (χ1v) is 11.9. The van der Waals surface area contributed by atoms with Gasteiger partial charge in [0.05, 0.1) is 5.69 Å². The lowest BCUT2D eigenvalue weighted by Gasteiger charge is -2.33. The number of nitrogens with zero attached hydrogens (tertiary/aromatic N) is 3. The van der Waals surface area contributed by atoms with E-state index >= 15 is 0 Å². The summed E-state index contributed by atoms with van der Waals surface area (Å²) in [4.78, 5) is 21.8. The molecule has 0 N–H and O–H groups in total. The van der Waals surface area contributed by atoms with Crippen LogP contribution < -0.4 is 4.74 Å². The van der Waals surface area contributed by atoms with Gasteiger partial charge in [0.2, 0.25) is 11.8 Å². The maximum absolute atomic E-state index is 12.7. The van der Waals surface area contributed by atoms with Crippen LogP contribution in [0.5, 0.6) is 11.5 Å². The molecule has 0 aliphatic carbocycles. The highest BCUT2D eigenvalue weighted by molar-refractivity contribution is 5.78. The molecule has 1 amide bonds. The van der Waals surface area contributed by atoms with E-state index in [2.05, 4.69) is 4.90 Å². The number of hydrogen-bond donors (Lipinski definition) is 0. The van der Waals surface area contributed by atoms with Gasteiger partial charge in [0.1, 0.15) is 17.3 Å². The molecule has 33 heavy (non-hydrogen) atoms. The third-order valence-corrected chi connectivity index (χ3v) is 6.34. The third kappa shape index (κ3) is 5.63. The van der Waals surface area contributed by atoms with Crippen molar-refractivity contribution < 1.29 is 13.9 Å². The number of para-hydroxylation sites is 1. The summed E-state index contributed by atoms with van der Waals surface area (Å²) in [6.45, 7) is 10.2. The molecule has 0 spiro atoms. The molecule has 2 aromatic carbocycles. The Balaban J connectivity index is 1.38. The SMILES string of the molecule is CCN(CC)C(=O)C1CCN(Cc2nc(-c3cccc(Oc4ccccc4)c3)oc2C)CC1. The van der Waals surface area contributed by atoms with Crippen LogP contribution in [-0.2, 0) is 11.3 Å². The Morgan fingerprint density at radius 1 is 1.06 bits per heavy atom. The van der Waals surface area contributed by atoms with Crippen molar-refractivity contribution in [1.82, 2.24) is 14.8 Å². The van der Waals surface area contributed by atoms with Crippen molar-refractivity contribution >= 4 is 5.91 Å². The lowest BCUT2D eigenvalue weighted by atomic mass is 9.95. The summed E-state index contributed by atoms with van der Waals surface area (Å²) in [5, 5.41) is 0. The van der Waals surface area contributed by atoms with E-state index in [1.165, 1.54) is 0 Å². The summed E-state index contributed by atoms with van der Waals surface area (Å²) < 4.78 is 12.0. The maximum Gasteiger partial charge on any atom is 0.226 e. The molecule has 3 aromatic rings. The van der Waals surface area contributed by atoms with Gasteiger partial charge in [0.15, 0.2) is 0 Å². The Kier molecular flexibility index (Phi) is 7.45. The quantitative estimate of drug-likeness (QED) is 0.455. The van der Waals surface area contributed by atoms with Crippen molar-refractivity contribution in [3.63, 3.8) is 0 Å². The minimum Gasteiger partial charge on any atom is -0.457 e. The number of carbonyl (C=O) groups is 1. The molecule has 0 saturated carbocycles. The minimum absolute atomic E-state index is 0.141. The highest BCUT2D eigenvalue weighted by atomic mass is 16.5. The van der Waals surface area contributed by atoms with E-state index in [0.717, 1.165) is 74.1 Å². The van der Waals surface area contributed by atoms with Crippen molar-refractivity contribution in [2.24, 2.45) is 5.92 Å². The van der Waals surface area contributed by atoms with Gasteiger partial charge in [-0.3, -0.25) is 9.69 Å². The number of ether oxygens (including phenoxy) is 1. The second-order valence-corrected chi connectivity index (χ2v) is 8.53. The number of piperidine rings is 1. The summed E-state index contributed by atoms with van der Waals surface area (Å²) in [5.41, 5.74) is 1.84. The van der Waals surface area contributed by atoms with E-state index in [1.54, 1.807) is 0 Å². The summed E-state index contributed by atoms with van der Waals surface area (Å²) in [6.07, 6.45) is 1.80. The van der Waals surface area contributed by atoms with Gasteiger partial charge in [0, 0.05) is 31.1 Å². The lowest BCUT2D eigenvalue weighted by molar-refractivity contribution is -0.136. The zero-order chi connectivity index (χ0) is 23.2. The van der Waals surface area contributed by atoms with Crippen LogP contribution in [0.1, 0.15) is 38.1 Å². The molecule has 4 rings (SSSR count). The van der Waals surface area contributed by atoms with Gasteiger partial charge >= 0.3 is 0 Å². The van der Waals surface area contributed by atoms with Crippen LogP contribution in [0.25, 0.3) is 11.5 Å². The van der Waals surface area contributed by atoms with Gasteiger partial charge in [-0.15, -0.1) is 0 Å². The average molecular weight is 448 g/mol. The van der Waals surface area contributed by atoms with Gasteiger partial charge < -0.3 is 14.1 Å². The number of likely N-dealkylation sites (tertiary alicyclic amines) is 1. The number of oxazole rings is 1. The summed E-state index contributed by atoms with van der Waals surface area (Å²) in [7, 11) is 0. The Labute approximate surface area is 196 Å². The van der Waals surface area contributed by atoms with Gasteiger partial charge in [-0.25, -0.2) is 4.98 Å². The van der Waals surface area contributed by atoms with Gasteiger partial charge in [-0.2, -0.15) is 0 Å². The molecule has 0 radical (unpaired) electrons. The molecule has 2 heterocycles. The van der Waals surface area contributed by atoms with Crippen molar-refractivity contribution in [2.75, 3.05) is 26.2 Å². The molecule has 0 unspecified atom stereocenters. The van der Waals surface area contributed by atoms with Crippen LogP contribution in [0.15, 0.2) is 59.0 Å². The first-order chi connectivity index (χ1) is 16.1. The normalized spacial score (nSPS) is 14.9. The molecule has 1 aliphatic rings. The van der Waals surface area contributed by atoms with Gasteiger partial charge in [-0.05, 0) is 77.0 Å². The zero-order valence-corrected chi connectivity index (χ0v) is 19.8. The molecule has 6 nitrogen and oxygen atoms in total. The number of benzene rings is 2. The van der Waals surface area contributed by atoms with Crippen LogP contribution in [0.3, 0.4) is 0 Å². The molecular formula is C27H33N3O3. The second kappa shape index (κ2) is 10.7. The van der Waals surface area contributed by atoms with E-state index in [1.807, 2.05) is 80.3 Å². The molecular weight excluding hydrogens is 414 g/mol. The van der Waals surface area contributed by atoms with E-state index in [9.17, 15) is 4.79 Å². The number of rotatable bonds is 8. The number of amides is 1. The van der Waals surface area contributed by atoms with Crippen LogP contribution in [0.4, 0.5) is 0 Å². The predicted molar refractivity (Wildman–Crippen MR) is 129 cm³/mol. The summed E-state index contributed by atoms with van der Waals surface area (Å²) in [5.74, 6) is 3.42. The Morgan fingerprint density at radius 2 is 1.76 bits per heavy atom. The zero-order valence-electron chi connectivity index (χ0n) is 19.8. The number of hydrogen-bond acceptors (Lipinski definition) is 5. The third-order valence-electron chi connectivity index (χ3n) is 6.34. The molecule has 1 fully saturated rings. The van der Waals surface area contributed by atoms with Crippen LogP contribution in [0.2, 0.25) is 0 Å². The van der Waals surface area contributed by atoms with Gasteiger partial charge in [0.25, 0.3) is 0 Å². The summed E-state index contributed by atoms with van der Waals surface area (Å²) in [6, 6.07) is 17.5. The van der Waals surface area contributed by atoms with E-state index in [4.69, 9.17) is 14.1 Å². The average Bonchev–Trinajstić information content (AvgIpc) is 3.21. The van der Waals surface area contributed by atoms with Crippen molar-refractivity contribution in [2.45, 2.75) is 40.2 Å². The van der Waals surface area contributed by atoms with Crippen molar-refractivity contribution in [3.05, 3.63) is 66.1 Å².